The van der Waals surface area contributed by atoms with Crippen LogP contribution < -0.4 is 0 Å². The maximum atomic E-state index is 13.3. The summed E-state index contributed by atoms with van der Waals surface area (Å²) in [5.74, 6) is 0.197. The lowest BCUT2D eigenvalue weighted by atomic mass is 9.86. The minimum absolute atomic E-state index is 0.195. The number of hydrogen-bond donors (Lipinski definition) is 0. The van der Waals surface area contributed by atoms with Gasteiger partial charge in [-0.25, -0.2) is 8.42 Å². The summed E-state index contributed by atoms with van der Waals surface area (Å²) in [6.45, 7) is 6.11. The van der Waals surface area contributed by atoms with E-state index in [0.29, 0.717) is 25.9 Å². The highest BCUT2D eigenvalue weighted by Gasteiger charge is 2.48. The molecule has 0 radical (unpaired) electrons. The summed E-state index contributed by atoms with van der Waals surface area (Å²) in [4.78, 5) is -0.256. The summed E-state index contributed by atoms with van der Waals surface area (Å²) in [6, 6.07) is 4.06. The first-order valence-electron chi connectivity index (χ1n) is 8.61. The second-order valence-corrected chi connectivity index (χ2v) is 9.16. The zero-order valence-corrected chi connectivity index (χ0v) is 15.6. The van der Waals surface area contributed by atoms with Gasteiger partial charge in [0.2, 0.25) is 0 Å². The molecule has 1 heterocycles. The summed E-state index contributed by atoms with van der Waals surface area (Å²) in [7, 11) is -3.91. The monoisotopic (exact) mass is 378 g/mol. The molecule has 25 heavy (non-hydrogen) atoms. The standard InChI is InChI=1S/C18H25F3O3S/c1-4-13(3)16-12-17(5-2,9-10-24-16)25(22,23)15-8-6-7-14(11-15)18(19,20)21/h6-8,11,13,16H,4-5,9-10,12H2,1-3H3. The molecule has 3 nitrogen and oxygen atoms in total. The van der Waals surface area contributed by atoms with E-state index in [2.05, 4.69) is 0 Å². The van der Waals surface area contributed by atoms with Crippen LogP contribution in [-0.2, 0) is 20.8 Å². The predicted octanol–water partition coefficient (Wildman–Crippen LogP) is 4.85. The number of benzene rings is 1. The number of hydrogen-bond acceptors (Lipinski definition) is 3. The predicted molar refractivity (Wildman–Crippen MR) is 90.1 cm³/mol. The molecular formula is C18H25F3O3S. The Bertz CT molecular complexity index is 700. The van der Waals surface area contributed by atoms with Gasteiger partial charge in [-0.15, -0.1) is 0 Å². The maximum Gasteiger partial charge on any atom is 0.416 e. The molecule has 0 N–H and O–H groups in total. The number of alkyl halides is 3. The normalized spacial score (nSPS) is 26.4. The summed E-state index contributed by atoms with van der Waals surface area (Å²) in [5, 5.41) is 0. The highest BCUT2D eigenvalue weighted by molar-refractivity contribution is 7.92. The molecule has 142 valence electrons. The number of halogens is 3. The zero-order valence-electron chi connectivity index (χ0n) is 14.8. The number of ether oxygens (including phenoxy) is 1. The molecular weight excluding hydrogens is 353 g/mol. The average molecular weight is 378 g/mol. The Hall–Kier alpha value is -1.08. The molecule has 7 heteroatoms. The van der Waals surface area contributed by atoms with Crippen LogP contribution in [0.1, 0.15) is 52.0 Å². The van der Waals surface area contributed by atoms with E-state index in [1.54, 1.807) is 6.92 Å². The van der Waals surface area contributed by atoms with Crippen molar-refractivity contribution in [2.45, 2.75) is 68.4 Å². The molecule has 3 atom stereocenters. The van der Waals surface area contributed by atoms with Crippen molar-refractivity contribution in [1.82, 2.24) is 0 Å². The van der Waals surface area contributed by atoms with Crippen LogP contribution in [0, 0.1) is 5.92 Å². The van der Waals surface area contributed by atoms with Gasteiger partial charge in [0.25, 0.3) is 0 Å². The minimum atomic E-state index is -4.57. The number of sulfone groups is 1. The Balaban J connectivity index is 2.45. The number of rotatable bonds is 5. The summed E-state index contributed by atoms with van der Waals surface area (Å²) >= 11 is 0. The van der Waals surface area contributed by atoms with Gasteiger partial charge in [0, 0.05) is 6.61 Å². The van der Waals surface area contributed by atoms with Crippen molar-refractivity contribution in [2.24, 2.45) is 5.92 Å². The van der Waals surface area contributed by atoms with Crippen LogP contribution in [0.25, 0.3) is 0 Å². The van der Waals surface area contributed by atoms with E-state index in [-0.39, 0.29) is 16.9 Å². The highest BCUT2D eigenvalue weighted by atomic mass is 32.2. The molecule has 0 aromatic heterocycles. The van der Waals surface area contributed by atoms with Crippen LogP contribution in [0.4, 0.5) is 13.2 Å². The van der Waals surface area contributed by atoms with E-state index in [4.69, 9.17) is 4.74 Å². The van der Waals surface area contributed by atoms with Crippen molar-refractivity contribution in [3.8, 4) is 0 Å². The van der Waals surface area contributed by atoms with E-state index >= 15 is 0 Å². The first-order chi connectivity index (χ1) is 11.6. The molecule has 0 aliphatic carbocycles. The van der Waals surface area contributed by atoms with Gasteiger partial charge in [-0.2, -0.15) is 13.2 Å². The molecule has 2 rings (SSSR count). The zero-order chi connectivity index (χ0) is 18.9. The molecule has 1 aliphatic heterocycles. The largest absolute Gasteiger partial charge is 0.416 e. The molecule has 3 unspecified atom stereocenters. The van der Waals surface area contributed by atoms with E-state index in [1.165, 1.54) is 6.07 Å². The Kier molecular flexibility index (Phi) is 5.88. The lowest BCUT2D eigenvalue weighted by molar-refractivity contribution is -0.137. The molecule has 1 aromatic carbocycles. The van der Waals surface area contributed by atoms with E-state index in [9.17, 15) is 21.6 Å². The van der Waals surface area contributed by atoms with E-state index in [0.717, 1.165) is 24.6 Å². The maximum absolute atomic E-state index is 13.3. The smallest absolute Gasteiger partial charge is 0.378 e. The Morgan fingerprint density at radius 3 is 2.56 bits per heavy atom. The van der Waals surface area contributed by atoms with Gasteiger partial charge in [0.1, 0.15) is 0 Å². The van der Waals surface area contributed by atoms with Gasteiger partial charge in [0.15, 0.2) is 9.84 Å². The Morgan fingerprint density at radius 1 is 1.32 bits per heavy atom. The molecule has 0 bridgehead atoms. The lowest BCUT2D eigenvalue weighted by Crippen LogP contribution is -2.48. The van der Waals surface area contributed by atoms with Gasteiger partial charge >= 0.3 is 6.18 Å². The highest BCUT2D eigenvalue weighted by Crippen LogP contribution is 2.42. The third kappa shape index (κ3) is 3.87. The first kappa shape index (κ1) is 20.2. The molecule has 0 amide bonds. The van der Waals surface area contributed by atoms with Crippen molar-refractivity contribution in [3.05, 3.63) is 29.8 Å². The van der Waals surface area contributed by atoms with Crippen LogP contribution in [0.5, 0.6) is 0 Å². The molecule has 1 aliphatic rings. The third-order valence-electron chi connectivity index (χ3n) is 5.43. The second kappa shape index (κ2) is 7.27. The van der Waals surface area contributed by atoms with Gasteiger partial charge in [0.05, 0.1) is 21.3 Å². The fourth-order valence-electron chi connectivity index (χ4n) is 3.40. The van der Waals surface area contributed by atoms with Gasteiger partial charge in [-0.3, -0.25) is 0 Å². The van der Waals surface area contributed by atoms with Crippen LogP contribution in [0.2, 0.25) is 0 Å². The van der Waals surface area contributed by atoms with Crippen molar-refractivity contribution in [3.63, 3.8) is 0 Å². The SMILES string of the molecule is CCC(C)C1CC(CC)(S(=O)(=O)c2cccc(C(F)(F)F)c2)CCO1. The lowest BCUT2D eigenvalue weighted by Gasteiger charge is -2.41. The molecule has 1 saturated heterocycles. The summed E-state index contributed by atoms with van der Waals surface area (Å²) in [6.07, 6.45) is -2.94. The van der Waals surface area contributed by atoms with Crippen molar-refractivity contribution in [2.75, 3.05) is 6.61 Å². The molecule has 0 saturated carbocycles. The Morgan fingerprint density at radius 2 is 2.00 bits per heavy atom. The van der Waals surface area contributed by atoms with Gasteiger partial charge in [-0.1, -0.05) is 33.3 Å². The van der Waals surface area contributed by atoms with Crippen molar-refractivity contribution in [1.29, 1.82) is 0 Å². The molecule has 1 aromatic rings. The molecule has 1 fully saturated rings. The summed E-state index contributed by atoms with van der Waals surface area (Å²) in [5.41, 5.74) is -0.939. The van der Waals surface area contributed by atoms with Crippen LogP contribution in [0.3, 0.4) is 0 Å². The van der Waals surface area contributed by atoms with Crippen LogP contribution in [0.15, 0.2) is 29.2 Å². The third-order valence-corrected chi connectivity index (χ3v) is 8.10. The van der Waals surface area contributed by atoms with Gasteiger partial charge in [-0.05, 0) is 43.4 Å². The fraction of sp³-hybridized carbons (Fsp3) is 0.667. The van der Waals surface area contributed by atoms with Gasteiger partial charge < -0.3 is 4.74 Å². The second-order valence-electron chi connectivity index (χ2n) is 6.81. The van der Waals surface area contributed by atoms with Crippen LogP contribution in [-0.4, -0.2) is 25.9 Å². The first-order valence-corrected chi connectivity index (χ1v) is 10.1. The summed E-state index contributed by atoms with van der Waals surface area (Å²) < 4.78 is 70.1. The van der Waals surface area contributed by atoms with E-state index < -0.39 is 26.3 Å². The fourth-order valence-corrected chi connectivity index (χ4v) is 5.55. The van der Waals surface area contributed by atoms with Crippen molar-refractivity contribution < 1.29 is 26.3 Å². The van der Waals surface area contributed by atoms with Crippen LogP contribution >= 0.6 is 0 Å². The molecule has 0 spiro atoms. The quantitative estimate of drug-likeness (QED) is 0.735. The van der Waals surface area contributed by atoms with E-state index in [1.807, 2.05) is 13.8 Å². The van der Waals surface area contributed by atoms with Crippen molar-refractivity contribution >= 4 is 9.84 Å². The minimum Gasteiger partial charge on any atom is -0.378 e. The topological polar surface area (TPSA) is 43.4 Å². The Labute approximate surface area is 147 Å². The average Bonchev–Trinajstić information content (AvgIpc) is 2.60.